The Morgan fingerprint density at radius 1 is 1.14 bits per heavy atom. The molecule has 1 aromatic heterocycles. The molecule has 0 unspecified atom stereocenters. The summed E-state index contributed by atoms with van der Waals surface area (Å²) in [6, 6.07) is 9.65. The molecule has 0 bridgehead atoms. The third kappa shape index (κ3) is 4.71. The summed E-state index contributed by atoms with van der Waals surface area (Å²) in [6.45, 7) is 3.26. The number of nitrogens with zero attached hydrogens (tertiary/aromatic N) is 2. The van der Waals surface area contributed by atoms with Gasteiger partial charge in [0.15, 0.2) is 11.5 Å². The van der Waals surface area contributed by atoms with Crippen molar-refractivity contribution in [2.24, 2.45) is 11.7 Å². The van der Waals surface area contributed by atoms with Gasteiger partial charge in [-0.05, 0) is 49.5 Å². The number of amides is 2. The van der Waals surface area contributed by atoms with Gasteiger partial charge >= 0.3 is 0 Å². The van der Waals surface area contributed by atoms with Crippen molar-refractivity contribution >= 4 is 28.8 Å². The standard InChI is InChI=1S/C21H25N3O4S/c22-21(26)15-5-7-23(8-6-15)14-20(25)24(13-17-2-1-11-29-17)16-3-4-18-19(12-16)28-10-9-27-18/h1-4,11-12,15H,5-10,13-14H2,(H2,22,26). The zero-order valence-corrected chi connectivity index (χ0v) is 17.0. The first-order chi connectivity index (χ1) is 14.1. The van der Waals surface area contributed by atoms with Gasteiger partial charge in [0.2, 0.25) is 11.8 Å². The maximum absolute atomic E-state index is 13.2. The molecule has 1 fully saturated rings. The Labute approximate surface area is 174 Å². The Bertz CT molecular complexity index is 863. The molecule has 2 aromatic rings. The van der Waals surface area contributed by atoms with Crippen LogP contribution in [0.25, 0.3) is 0 Å². The molecule has 1 saturated heterocycles. The molecular formula is C21H25N3O4S. The lowest BCUT2D eigenvalue weighted by Gasteiger charge is -2.32. The number of carbonyl (C=O) groups is 2. The first-order valence-corrected chi connectivity index (χ1v) is 10.7. The molecule has 2 N–H and O–H groups in total. The highest BCUT2D eigenvalue weighted by Crippen LogP contribution is 2.35. The average Bonchev–Trinajstić information content (AvgIpc) is 3.25. The van der Waals surface area contributed by atoms with E-state index in [0.717, 1.165) is 10.6 Å². The number of piperidine rings is 1. The highest BCUT2D eigenvalue weighted by atomic mass is 32.1. The number of ether oxygens (including phenoxy) is 2. The number of hydrogen-bond donors (Lipinski definition) is 1. The van der Waals surface area contributed by atoms with Gasteiger partial charge in [0.05, 0.1) is 13.1 Å². The topological polar surface area (TPSA) is 85.1 Å². The van der Waals surface area contributed by atoms with Gasteiger partial charge in [0.1, 0.15) is 13.2 Å². The molecule has 0 saturated carbocycles. The Balaban J connectivity index is 1.50. The Morgan fingerprint density at radius 2 is 1.90 bits per heavy atom. The highest BCUT2D eigenvalue weighted by Gasteiger charge is 2.27. The van der Waals surface area contributed by atoms with Gasteiger partial charge in [-0.15, -0.1) is 11.3 Å². The minimum Gasteiger partial charge on any atom is -0.486 e. The fourth-order valence-corrected chi connectivity index (χ4v) is 4.43. The van der Waals surface area contributed by atoms with Gasteiger partial charge in [-0.3, -0.25) is 14.5 Å². The fourth-order valence-electron chi connectivity index (χ4n) is 3.73. The van der Waals surface area contributed by atoms with Crippen molar-refractivity contribution in [2.75, 3.05) is 37.7 Å². The van der Waals surface area contributed by atoms with E-state index in [4.69, 9.17) is 15.2 Å². The fraction of sp³-hybridized carbons (Fsp3) is 0.429. The summed E-state index contributed by atoms with van der Waals surface area (Å²) in [5, 5.41) is 2.01. The summed E-state index contributed by atoms with van der Waals surface area (Å²) in [6.07, 6.45) is 1.41. The maximum atomic E-state index is 13.2. The van der Waals surface area contributed by atoms with Crippen LogP contribution in [0.15, 0.2) is 35.7 Å². The summed E-state index contributed by atoms with van der Waals surface area (Å²) in [7, 11) is 0. The number of thiophene rings is 1. The Kier molecular flexibility index (Phi) is 6.01. The molecule has 0 spiro atoms. The second-order valence-corrected chi connectivity index (χ2v) is 8.37. The largest absolute Gasteiger partial charge is 0.486 e. The van der Waals surface area contributed by atoms with Crippen LogP contribution in [0.2, 0.25) is 0 Å². The van der Waals surface area contributed by atoms with E-state index in [0.29, 0.717) is 63.7 Å². The SMILES string of the molecule is NC(=O)C1CCN(CC(=O)N(Cc2cccs2)c2ccc3c(c2)OCCO3)CC1. The number of fused-ring (bicyclic) bond motifs is 1. The van der Waals surface area contributed by atoms with Crippen LogP contribution in [0.4, 0.5) is 5.69 Å². The summed E-state index contributed by atoms with van der Waals surface area (Å²) >= 11 is 1.63. The quantitative estimate of drug-likeness (QED) is 0.782. The van der Waals surface area contributed by atoms with Crippen LogP contribution in [0.1, 0.15) is 17.7 Å². The second kappa shape index (κ2) is 8.84. The first kappa shape index (κ1) is 19.7. The van der Waals surface area contributed by atoms with E-state index in [2.05, 4.69) is 4.90 Å². The Morgan fingerprint density at radius 3 is 2.59 bits per heavy atom. The maximum Gasteiger partial charge on any atom is 0.241 e. The molecule has 7 nitrogen and oxygen atoms in total. The number of likely N-dealkylation sites (tertiary alicyclic amines) is 1. The number of rotatable bonds is 6. The second-order valence-electron chi connectivity index (χ2n) is 7.34. The lowest BCUT2D eigenvalue weighted by molar-refractivity contribution is -0.123. The van der Waals surface area contributed by atoms with Crippen molar-refractivity contribution in [3.05, 3.63) is 40.6 Å². The molecule has 3 heterocycles. The van der Waals surface area contributed by atoms with E-state index in [1.54, 1.807) is 16.2 Å². The van der Waals surface area contributed by atoms with Gasteiger partial charge in [-0.25, -0.2) is 0 Å². The van der Waals surface area contributed by atoms with Gasteiger partial charge < -0.3 is 20.1 Å². The molecule has 0 aliphatic carbocycles. The lowest BCUT2D eigenvalue weighted by atomic mass is 9.96. The lowest BCUT2D eigenvalue weighted by Crippen LogP contribution is -2.45. The van der Waals surface area contributed by atoms with E-state index < -0.39 is 0 Å². The molecule has 0 radical (unpaired) electrons. The first-order valence-electron chi connectivity index (χ1n) is 9.84. The van der Waals surface area contributed by atoms with Crippen LogP contribution < -0.4 is 20.1 Å². The van der Waals surface area contributed by atoms with Crippen molar-refractivity contribution in [1.82, 2.24) is 4.90 Å². The van der Waals surface area contributed by atoms with Crippen molar-refractivity contribution in [1.29, 1.82) is 0 Å². The zero-order valence-electron chi connectivity index (χ0n) is 16.2. The smallest absolute Gasteiger partial charge is 0.241 e. The van der Waals surface area contributed by atoms with E-state index in [1.165, 1.54) is 0 Å². The Hall–Kier alpha value is -2.58. The van der Waals surface area contributed by atoms with Crippen molar-refractivity contribution < 1.29 is 19.1 Å². The van der Waals surface area contributed by atoms with E-state index in [1.807, 2.05) is 35.7 Å². The average molecular weight is 416 g/mol. The van der Waals surface area contributed by atoms with Gasteiger partial charge in [-0.1, -0.05) is 6.07 Å². The molecular weight excluding hydrogens is 390 g/mol. The normalized spacial score (nSPS) is 17.1. The monoisotopic (exact) mass is 415 g/mol. The molecule has 2 amide bonds. The molecule has 4 rings (SSSR count). The van der Waals surface area contributed by atoms with Gasteiger partial charge in [0.25, 0.3) is 0 Å². The molecule has 8 heteroatoms. The van der Waals surface area contributed by atoms with E-state index >= 15 is 0 Å². The van der Waals surface area contributed by atoms with Crippen LogP contribution in [-0.2, 0) is 16.1 Å². The summed E-state index contributed by atoms with van der Waals surface area (Å²) in [5.41, 5.74) is 6.21. The number of carbonyl (C=O) groups excluding carboxylic acids is 2. The van der Waals surface area contributed by atoms with E-state index in [9.17, 15) is 9.59 Å². The number of anilines is 1. The number of hydrogen-bond acceptors (Lipinski definition) is 6. The number of benzene rings is 1. The minimum atomic E-state index is -0.244. The molecule has 2 aliphatic heterocycles. The van der Waals surface area contributed by atoms with Crippen molar-refractivity contribution in [3.8, 4) is 11.5 Å². The third-order valence-electron chi connectivity index (χ3n) is 5.38. The molecule has 2 aliphatic rings. The van der Waals surface area contributed by atoms with E-state index in [-0.39, 0.29) is 17.7 Å². The summed E-state index contributed by atoms with van der Waals surface area (Å²) in [5.74, 6) is 1.07. The third-order valence-corrected chi connectivity index (χ3v) is 6.24. The minimum absolute atomic E-state index is 0.0209. The number of nitrogens with two attached hydrogens (primary N) is 1. The molecule has 1 aromatic carbocycles. The highest BCUT2D eigenvalue weighted by molar-refractivity contribution is 7.09. The number of primary amides is 1. The predicted molar refractivity (Wildman–Crippen MR) is 111 cm³/mol. The molecule has 29 heavy (non-hydrogen) atoms. The molecule has 154 valence electrons. The van der Waals surface area contributed by atoms with Crippen LogP contribution in [0.5, 0.6) is 11.5 Å². The van der Waals surface area contributed by atoms with Crippen LogP contribution in [0, 0.1) is 5.92 Å². The predicted octanol–water partition coefficient (Wildman–Crippen LogP) is 2.25. The van der Waals surface area contributed by atoms with Gasteiger partial charge in [-0.2, -0.15) is 0 Å². The summed E-state index contributed by atoms with van der Waals surface area (Å²) in [4.78, 5) is 29.6. The van der Waals surface area contributed by atoms with Crippen LogP contribution in [-0.4, -0.2) is 49.6 Å². The molecule has 0 atom stereocenters. The zero-order chi connectivity index (χ0) is 20.2. The van der Waals surface area contributed by atoms with Gasteiger partial charge in [0, 0.05) is 22.5 Å². The van der Waals surface area contributed by atoms with Crippen molar-refractivity contribution in [2.45, 2.75) is 19.4 Å². The summed E-state index contributed by atoms with van der Waals surface area (Å²) < 4.78 is 11.3. The van der Waals surface area contributed by atoms with Crippen LogP contribution >= 0.6 is 11.3 Å². The van der Waals surface area contributed by atoms with Crippen LogP contribution in [0.3, 0.4) is 0 Å². The van der Waals surface area contributed by atoms with Crippen molar-refractivity contribution in [3.63, 3.8) is 0 Å².